The van der Waals surface area contributed by atoms with Crippen molar-refractivity contribution in [2.24, 2.45) is 5.73 Å². The Kier molecular flexibility index (Phi) is 5.98. The van der Waals surface area contributed by atoms with Gasteiger partial charge in [0.15, 0.2) is 0 Å². The van der Waals surface area contributed by atoms with Crippen molar-refractivity contribution in [1.29, 1.82) is 0 Å². The van der Waals surface area contributed by atoms with Crippen LogP contribution in [0.1, 0.15) is 25.3 Å². The fourth-order valence-electron chi connectivity index (χ4n) is 3.05. The van der Waals surface area contributed by atoms with Crippen molar-refractivity contribution in [2.75, 3.05) is 20.1 Å². The summed E-state index contributed by atoms with van der Waals surface area (Å²) in [7, 11) is 1.96. The lowest BCUT2D eigenvalue weighted by Gasteiger charge is -2.27. The molecule has 23 heavy (non-hydrogen) atoms. The normalized spacial score (nSPS) is 18.9. The molecule has 1 fully saturated rings. The summed E-state index contributed by atoms with van der Waals surface area (Å²) >= 11 is 0. The second-order valence-electron chi connectivity index (χ2n) is 6.10. The molecule has 1 heterocycles. The maximum Gasteiger partial charge on any atom is 0.314 e. The molecule has 1 aromatic carbocycles. The van der Waals surface area contributed by atoms with Crippen molar-refractivity contribution >= 4 is 11.9 Å². The quantitative estimate of drug-likeness (QED) is 0.826. The second kappa shape index (κ2) is 7.97. The lowest BCUT2D eigenvalue weighted by molar-refractivity contribution is -0.126. The highest BCUT2D eigenvalue weighted by molar-refractivity contribution is 5.82. The van der Waals surface area contributed by atoms with E-state index in [9.17, 15) is 9.59 Å². The van der Waals surface area contributed by atoms with Gasteiger partial charge in [0.1, 0.15) is 0 Å². The van der Waals surface area contributed by atoms with Gasteiger partial charge in [-0.2, -0.15) is 0 Å². The average Bonchev–Trinajstić information content (AvgIpc) is 2.97. The molecular formula is C17H26N4O2. The second-order valence-corrected chi connectivity index (χ2v) is 6.10. The number of urea groups is 1. The molecule has 6 nitrogen and oxygen atoms in total. The van der Waals surface area contributed by atoms with Crippen LogP contribution in [0.2, 0.25) is 0 Å². The van der Waals surface area contributed by atoms with Crippen LogP contribution in [0.25, 0.3) is 0 Å². The number of nitrogens with one attached hydrogen (secondary N) is 1. The molecule has 2 rings (SSSR count). The zero-order valence-corrected chi connectivity index (χ0v) is 13.9. The van der Waals surface area contributed by atoms with Gasteiger partial charge in [-0.05, 0) is 25.5 Å². The highest BCUT2D eigenvalue weighted by Gasteiger charge is 2.29. The van der Waals surface area contributed by atoms with E-state index in [4.69, 9.17) is 5.73 Å². The molecule has 2 atom stereocenters. The van der Waals surface area contributed by atoms with Crippen molar-refractivity contribution in [3.8, 4) is 0 Å². The van der Waals surface area contributed by atoms with Crippen molar-refractivity contribution in [1.82, 2.24) is 15.1 Å². The van der Waals surface area contributed by atoms with E-state index in [-0.39, 0.29) is 18.0 Å². The van der Waals surface area contributed by atoms with E-state index in [2.05, 4.69) is 22.3 Å². The molecule has 126 valence electrons. The van der Waals surface area contributed by atoms with Gasteiger partial charge in [-0.25, -0.2) is 4.79 Å². The monoisotopic (exact) mass is 318 g/mol. The number of carbonyl (C=O) groups excluding carboxylic acids is 2. The van der Waals surface area contributed by atoms with Crippen molar-refractivity contribution in [2.45, 2.75) is 38.4 Å². The summed E-state index contributed by atoms with van der Waals surface area (Å²) in [5.41, 5.74) is 6.46. The lowest BCUT2D eigenvalue weighted by atomic mass is 10.1. The van der Waals surface area contributed by atoms with Crippen LogP contribution in [0.15, 0.2) is 30.3 Å². The van der Waals surface area contributed by atoms with E-state index in [0.717, 1.165) is 19.4 Å². The lowest BCUT2D eigenvalue weighted by Crippen LogP contribution is -2.49. The van der Waals surface area contributed by atoms with Gasteiger partial charge in [-0.15, -0.1) is 0 Å². The number of likely N-dealkylation sites (tertiary alicyclic amines) is 1. The number of hydrogen-bond acceptors (Lipinski definition) is 3. The van der Waals surface area contributed by atoms with E-state index in [1.807, 2.05) is 32.2 Å². The van der Waals surface area contributed by atoms with E-state index >= 15 is 0 Å². The summed E-state index contributed by atoms with van der Waals surface area (Å²) in [5, 5.41) is 3.05. The van der Waals surface area contributed by atoms with Gasteiger partial charge in [0.05, 0.1) is 6.04 Å². The number of hydrogen-bond donors (Lipinski definition) is 2. The molecule has 0 bridgehead atoms. The number of carbonyl (C=O) groups is 2. The fraction of sp³-hybridized carbons (Fsp3) is 0.529. The summed E-state index contributed by atoms with van der Waals surface area (Å²) in [5.74, 6) is 0.0160. The molecule has 0 spiro atoms. The topological polar surface area (TPSA) is 78.7 Å². The van der Waals surface area contributed by atoms with Crippen LogP contribution in [-0.4, -0.2) is 54.0 Å². The molecule has 0 aliphatic carbocycles. The van der Waals surface area contributed by atoms with Crippen molar-refractivity contribution in [3.05, 3.63) is 35.9 Å². The van der Waals surface area contributed by atoms with Crippen LogP contribution in [0.4, 0.5) is 4.79 Å². The molecule has 0 aromatic heterocycles. The van der Waals surface area contributed by atoms with Crippen LogP contribution in [0, 0.1) is 0 Å². The van der Waals surface area contributed by atoms with Gasteiger partial charge in [0, 0.05) is 25.7 Å². The average molecular weight is 318 g/mol. The molecule has 3 N–H and O–H groups in total. The van der Waals surface area contributed by atoms with Gasteiger partial charge in [-0.1, -0.05) is 37.3 Å². The first kappa shape index (κ1) is 17.3. The fourth-order valence-corrected chi connectivity index (χ4v) is 3.05. The van der Waals surface area contributed by atoms with E-state index in [1.165, 1.54) is 5.56 Å². The Morgan fingerprint density at radius 1 is 1.39 bits per heavy atom. The Balaban J connectivity index is 1.89. The highest BCUT2D eigenvalue weighted by Crippen LogP contribution is 2.12. The molecule has 1 aromatic rings. The smallest absolute Gasteiger partial charge is 0.314 e. The Bertz CT molecular complexity index is 535. The molecule has 6 heteroatoms. The van der Waals surface area contributed by atoms with Gasteiger partial charge in [0.25, 0.3) is 0 Å². The first-order chi connectivity index (χ1) is 11.0. The number of benzene rings is 1. The summed E-state index contributed by atoms with van der Waals surface area (Å²) in [4.78, 5) is 27.3. The van der Waals surface area contributed by atoms with Crippen LogP contribution < -0.4 is 11.1 Å². The summed E-state index contributed by atoms with van der Waals surface area (Å²) in [6.07, 6.45) is 1.49. The van der Waals surface area contributed by atoms with E-state index < -0.39 is 6.03 Å². The summed E-state index contributed by atoms with van der Waals surface area (Å²) in [6, 6.07) is 9.49. The third-order valence-corrected chi connectivity index (χ3v) is 4.34. The van der Waals surface area contributed by atoms with Crippen LogP contribution in [0.3, 0.4) is 0 Å². The molecule has 3 amide bonds. The van der Waals surface area contributed by atoms with Crippen LogP contribution in [0.5, 0.6) is 0 Å². The predicted octanol–water partition coefficient (Wildman–Crippen LogP) is 1.17. The zero-order valence-electron chi connectivity index (χ0n) is 13.9. The van der Waals surface area contributed by atoms with Gasteiger partial charge in [-0.3, -0.25) is 9.69 Å². The third kappa shape index (κ3) is 4.69. The van der Waals surface area contributed by atoms with Crippen LogP contribution >= 0.6 is 0 Å². The SMILES string of the molecule is CC[C@@H](C(=O)N[C@H]1CCN(C(N)=O)C1)N(C)Cc1ccccc1. The molecule has 1 aliphatic rings. The van der Waals surface area contributed by atoms with Gasteiger partial charge in [0.2, 0.25) is 5.91 Å². The summed E-state index contributed by atoms with van der Waals surface area (Å²) < 4.78 is 0. The maximum absolute atomic E-state index is 12.6. The molecule has 1 aliphatic heterocycles. The Labute approximate surface area is 137 Å². The van der Waals surface area contributed by atoms with Crippen molar-refractivity contribution in [3.63, 3.8) is 0 Å². The molecular weight excluding hydrogens is 292 g/mol. The van der Waals surface area contributed by atoms with E-state index in [0.29, 0.717) is 13.1 Å². The number of amides is 3. The Hall–Kier alpha value is -2.08. The molecule has 0 radical (unpaired) electrons. The predicted molar refractivity (Wildman–Crippen MR) is 89.7 cm³/mol. The number of rotatable bonds is 6. The zero-order chi connectivity index (χ0) is 16.8. The number of primary amides is 1. The first-order valence-corrected chi connectivity index (χ1v) is 8.10. The minimum absolute atomic E-state index is 0.00539. The molecule has 1 saturated heterocycles. The Morgan fingerprint density at radius 2 is 2.09 bits per heavy atom. The van der Waals surface area contributed by atoms with Crippen molar-refractivity contribution < 1.29 is 9.59 Å². The number of likely N-dealkylation sites (N-methyl/N-ethyl adjacent to an activating group) is 1. The standard InChI is InChI=1S/C17H26N4O2/c1-3-15(20(2)11-13-7-5-4-6-8-13)16(22)19-14-9-10-21(12-14)17(18)23/h4-8,14-15H,3,9-12H2,1-2H3,(H2,18,23)(H,19,22)/t14-,15-/m0/s1. The van der Waals surface area contributed by atoms with E-state index in [1.54, 1.807) is 4.90 Å². The first-order valence-electron chi connectivity index (χ1n) is 8.10. The largest absolute Gasteiger partial charge is 0.351 e. The van der Waals surface area contributed by atoms with Gasteiger partial charge < -0.3 is 16.0 Å². The Morgan fingerprint density at radius 3 is 2.65 bits per heavy atom. The van der Waals surface area contributed by atoms with Crippen LogP contribution in [-0.2, 0) is 11.3 Å². The minimum atomic E-state index is -0.421. The maximum atomic E-state index is 12.6. The minimum Gasteiger partial charge on any atom is -0.351 e. The number of nitrogens with zero attached hydrogens (tertiary/aromatic N) is 2. The molecule has 0 saturated carbocycles. The highest BCUT2D eigenvalue weighted by atomic mass is 16.2. The summed E-state index contributed by atoms with van der Waals surface area (Å²) in [6.45, 7) is 3.85. The van der Waals surface area contributed by atoms with Gasteiger partial charge >= 0.3 is 6.03 Å². The third-order valence-electron chi connectivity index (χ3n) is 4.34. The molecule has 0 unspecified atom stereocenters. The number of nitrogens with two attached hydrogens (primary N) is 1.